The first kappa shape index (κ1) is 13.6. The van der Waals surface area contributed by atoms with Gasteiger partial charge >= 0.3 is 0 Å². The number of aromatic nitrogens is 1. The van der Waals surface area contributed by atoms with E-state index in [1.54, 1.807) is 0 Å². The minimum Gasteiger partial charge on any atom is -0.364 e. The van der Waals surface area contributed by atoms with Gasteiger partial charge < -0.3 is 5.32 Å². The normalized spacial score (nSPS) is 12.2. The average Bonchev–Trinajstić information content (AvgIpc) is 2.34. The molecule has 1 heterocycles. The number of rotatable bonds is 3. The van der Waals surface area contributed by atoms with E-state index in [9.17, 15) is 0 Å². The maximum Gasteiger partial charge on any atom is 0.126 e. The fourth-order valence-corrected chi connectivity index (χ4v) is 2.34. The molecule has 0 saturated carbocycles. The minimum atomic E-state index is 0.218. The molecule has 0 radical (unpaired) electrons. The van der Waals surface area contributed by atoms with Crippen molar-refractivity contribution in [3.8, 4) is 0 Å². The van der Waals surface area contributed by atoms with E-state index >= 15 is 0 Å². The van der Waals surface area contributed by atoms with E-state index in [4.69, 9.17) is 0 Å². The van der Waals surface area contributed by atoms with Crippen molar-refractivity contribution >= 4 is 37.7 Å². The van der Waals surface area contributed by atoms with E-state index in [1.807, 2.05) is 31.2 Å². The summed E-state index contributed by atoms with van der Waals surface area (Å²) in [4.78, 5) is 4.49. The van der Waals surface area contributed by atoms with Crippen LogP contribution in [0.4, 0.5) is 5.82 Å². The van der Waals surface area contributed by atoms with Gasteiger partial charge in [-0.15, -0.1) is 0 Å². The lowest BCUT2D eigenvalue weighted by Gasteiger charge is -2.15. The van der Waals surface area contributed by atoms with Crippen LogP contribution in [0.3, 0.4) is 0 Å². The number of halogens is 2. The molecular formula is C14H14Br2N2. The van der Waals surface area contributed by atoms with Crippen molar-refractivity contribution in [2.75, 3.05) is 5.32 Å². The third kappa shape index (κ3) is 3.33. The van der Waals surface area contributed by atoms with Crippen LogP contribution in [-0.4, -0.2) is 4.98 Å². The molecule has 0 amide bonds. The van der Waals surface area contributed by atoms with Crippen LogP contribution < -0.4 is 5.32 Å². The molecule has 0 fully saturated rings. The summed E-state index contributed by atoms with van der Waals surface area (Å²) in [7, 11) is 0. The van der Waals surface area contributed by atoms with E-state index in [0.29, 0.717) is 0 Å². The first-order valence-corrected chi connectivity index (χ1v) is 7.30. The SMILES string of the molecule is Cc1nc(NC(C)c2cccc(Br)c2)ccc1Br. The molecule has 1 unspecified atom stereocenters. The van der Waals surface area contributed by atoms with Gasteiger partial charge in [0.2, 0.25) is 0 Å². The minimum absolute atomic E-state index is 0.218. The molecule has 1 aromatic heterocycles. The molecule has 2 nitrogen and oxygen atoms in total. The van der Waals surface area contributed by atoms with E-state index in [0.717, 1.165) is 20.5 Å². The molecule has 1 atom stereocenters. The van der Waals surface area contributed by atoms with Gasteiger partial charge in [0, 0.05) is 15.0 Å². The van der Waals surface area contributed by atoms with Crippen molar-refractivity contribution < 1.29 is 0 Å². The quantitative estimate of drug-likeness (QED) is 0.815. The van der Waals surface area contributed by atoms with E-state index in [-0.39, 0.29) is 6.04 Å². The maximum atomic E-state index is 4.49. The highest BCUT2D eigenvalue weighted by Crippen LogP contribution is 2.23. The number of pyridine rings is 1. The zero-order valence-electron chi connectivity index (χ0n) is 10.2. The van der Waals surface area contributed by atoms with Gasteiger partial charge in [0.15, 0.2) is 0 Å². The Labute approximate surface area is 124 Å². The van der Waals surface area contributed by atoms with E-state index in [1.165, 1.54) is 5.56 Å². The predicted octanol–water partition coefficient (Wildman–Crippen LogP) is 5.09. The number of nitrogens with zero attached hydrogens (tertiary/aromatic N) is 1. The summed E-state index contributed by atoms with van der Waals surface area (Å²) >= 11 is 6.94. The zero-order chi connectivity index (χ0) is 13.1. The summed E-state index contributed by atoms with van der Waals surface area (Å²) in [5.41, 5.74) is 2.22. The molecule has 0 bridgehead atoms. The number of hydrogen-bond donors (Lipinski definition) is 1. The monoisotopic (exact) mass is 368 g/mol. The molecule has 94 valence electrons. The second-order valence-electron chi connectivity index (χ2n) is 4.18. The largest absolute Gasteiger partial charge is 0.364 e. The summed E-state index contributed by atoms with van der Waals surface area (Å²) in [5.74, 6) is 0.892. The lowest BCUT2D eigenvalue weighted by molar-refractivity contribution is 0.871. The Hall–Kier alpha value is -0.870. The molecule has 0 spiro atoms. The third-order valence-electron chi connectivity index (χ3n) is 2.73. The van der Waals surface area contributed by atoms with Gasteiger partial charge in [-0.2, -0.15) is 0 Å². The average molecular weight is 370 g/mol. The van der Waals surface area contributed by atoms with Crippen molar-refractivity contribution in [3.05, 3.63) is 56.6 Å². The summed E-state index contributed by atoms with van der Waals surface area (Å²) in [5, 5.41) is 3.40. The van der Waals surface area contributed by atoms with Gasteiger partial charge in [0.25, 0.3) is 0 Å². The second kappa shape index (κ2) is 5.85. The lowest BCUT2D eigenvalue weighted by atomic mass is 10.1. The fraction of sp³-hybridized carbons (Fsp3) is 0.214. The van der Waals surface area contributed by atoms with Crippen LogP contribution in [0.5, 0.6) is 0 Å². The van der Waals surface area contributed by atoms with Crippen LogP contribution in [0.2, 0.25) is 0 Å². The topological polar surface area (TPSA) is 24.9 Å². The molecule has 0 aliphatic heterocycles. The van der Waals surface area contributed by atoms with E-state index < -0.39 is 0 Å². The van der Waals surface area contributed by atoms with Crippen molar-refractivity contribution in [1.29, 1.82) is 0 Å². The number of anilines is 1. The third-order valence-corrected chi connectivity index (χ3v) is 4.07. The second-order valence-corrected chi connectivity index (χ2v) is 5.95. The Morgan fingerprint density at radius 1 is 1.17 bits per heavy atom. The molecule has 1 N–H and O–H groups in total. The molecule has 2 aromatic rings. The Bertz CT molecular complexity index is 555. The highest BCUT2D eigenvalue weighted by molar-refractivity contribution is 9.10. The van der Waals surface area contributed by atoms with Crippen LogP contribution in [0.25, 0.3) is 0 Å². The predicted molar refractivity (Wildman–Crippen MR) is 82.9 cm³/mol. The number of hydrogen-bond acceptors (Lipinski definition) is 2. The summed E-state index contributed by atoms with van der Waals surface area (Å²) < 4.78 is 2.12. The van der Waals surface area contributed by atoms with Gasteiger partial charge in [0.05, 0.1) is 5.69 Å². The van der Waals surface area contributed by atoms with Crippen LogP contribution in [0.1, 0.15) is 24.2 Å². The van der Waals surface area contributed by atoms with Gasteiger partial charge in [-0.25, -0.2) is 4.98 Å². The van der Waals surface area contributed by atoms with Crippen molar-refractivity contribution in [2.24, 2.45) is 0 Å². The molecule has 2 rings (SSSR count). The Morgan fingerprint density at radius 2 is 1.94 bits per heavy atom. The lowest BCUT2D eigenvalue weighted by Crippen LogP contribution is -2.08. The Morgan fingerprint density at radius 3 is 2.61 bits per heavy atom. The van der Waals surface area contributed by atoms with Gasteiger partial charge in [-0.05, 0) is 59.6 Å². The molecule has 18 heavy (non-hydrogen) atoms. The molecule has 0 aliphatic rings. The van der Waals surface area contributed by atoms with Crippen LogP contribution in [0.15, 0.2) is 45.3 Å². The van der Waals surface area contributed by atoms with Crippen molar-refractivity contribution in [3.63, 3.8) is 0 Å². The summed E-state index contributed by atoms with van der Waals surface area (Å²) in [6.45, 7) is 4.11. The molecule has 0 saturated heterocycles. The van der Waals surface area contributed by atoms with Crippen molar-refractivity contribution in [2.45, 2.75) is 19.9 Å². The Balaban J connectivity index is 2.16. The Kier molecular flexibility index (Phi) is 4.40. The van der Waals surface area contributed by atoms with Crippen LogP contribution >= 0.6 is 31.9 Å². The fourth-order valence-electron chi connectivity index (χ4n) is 1.71. The van der Waals surface area contributed by atoms with Crippen LogP contribution in [-0.2, 0) is 0 Å². The summed E-state index contributed by atoms with van der Waals surface area (Å²) in [6, 6.07) is 12.5. The number of nitrogens with one attached hydrogen (secondary N) is 1. The number of aryl methyl sites for hydroxylation is 1. The molecular weight excluding hydrogens is 356 g/mol. The van der Waals surface area contributed by atoms with Gasteiger partial charge in [0.1, 0.15) is 5.82 Å². The first-order valence-electron chi connectivity index (χ1n) is 5.71. The maximum absolute atomic E-state index is 4.49. The molecule has 0 aliphatic carbocycles. The van der Waals surface area contributed by atoms with Crippen LogP contribution in [0, 0.1) is 6.92 Å². The zero-order valence-corrected chi connectivity index (χ0v) is 13.4. The van der Waals surface area contributed by atoms with Gasteiger partial charge in [-0.1, -0.05) is 28.1 Å². The smallest absolute Gasteiger partial charge is 0.126 e. The molecule has 1 aromatic carbocycles. The first-order chi connectivity index (χ1) is 8.56. The highest BCUT2D eigenvalue weighted by atomic mass is 79.9. The number of benzene rings is 1. The van der Waals surface area contributed by atoms with E-state index in [2.05, 4.69) is 61.2 Å². The summed E-state index contributed by atoms with van der Waals surface area (Å²) in [6.07, 6.45) is 0. The molecule has 4 heteroatoms. The highest BCUT2D eigenvalue weighted by Gasteiger charge is 2.07. The van der Waals surface area contributed by atoms with Crippen molar-refractivity contribution in [1.82, 2.24) is 4.98 Å². The standard InChI is InChI=1S/C14H14Br2N2/c1-9(11-4-3-5-12(15)8-11)17-14-7-6-13(16)10(2)18-14/h3-9H,1-2H3,(H,17,18). The van der Waals surface area contributed by atoms with Gasteiger partial charge in [-0.3, -0.25) is 0 Å².